The number of ether oxygens (including phenoxy) is 3. The topological polar surface area (TPSA) is 88.6 Å². The van der Waals surface area contributed by atoms with E-state index in [0.29, 0.717) is 38.6 Å². The summed E-state index contributed by atoms with van der Waals surface area (Å²) in [5, 5.41) is 0. The fourth-order valence-electron chi connectivity index (χ4n) is 1.68. The summed E-state index contributed by atoms with van der Waals surface area (Å²) < 4.78 is 16.7. The summed E-state index contributed by atoms with van der Waals surface area (Å²) in [5.74, 6) is 0.540. The number of nitrogen functional groups attached to an aromatic ring is 1. The van der Waals surface area contributed by atoms with Crippen LogP contribution in [0.1, 0.15) is 23.2 Å². The lowest BCUT2D eigenvalue weighted by Gasteiger charge is -2.09. The number of carbonyl (C=O) groups excluding carboxylic acids is 1. The number of aryl methyl sites for hydroxylation is 1. The summed E-state index contributed by atoms with van der Waals surface area (Å²) in [6.07, 6.45) is 0.680. The van der Waals surface area contributed by atoms with Gasteiger partial charge in [0.25, 0.3) is 0 Å². The van der Waals surface area contributed by atoms with E-state index in [2.05, 4.69) is 9.72 Å². The van der Waals surface area contributed by atoms with Gasteiger partial charge in [0.1, 0.15) is 11.6 Å². The predicted molar refractivity (Wildman–Crippen MR) is 70.1 cm³/mol. The third kappa shape index (κ3) is 3.93. The van der Waals surface area contributed by atoms with Crippen molar-refractivity contribution in [2.75, 3.05) is 39.8 Å². The Morgan fingerprint density at radius 1 is 1.32 bits per heavy atom. The third-order valence-corrected chi connectivity index (χ3v) is 2.67. The van der Waals surface area contributed by atoms with Crippen LogP contribution in [-0.4, -0.2) is 49.6 Å². The normalized spacial score (nSPS) is 10.7. The minimum atomic E-state index is -0.522. The average molecular weight is 271 g/mol. The number of methoxy groups -OCH3 is 2. The fourth-order valence-corrected chi connectivity index (χ4v) is 1.68. The molecule has 0 aliphatic rings. The Bertz CT molecular complexity index is 417. The molecule has 0 saturated carbocycles. The van der Waals surface area contributed by atoms with E-state index in [1.165, 1.54) is 7.11 Å². The van der Waals surface area contributed by atoms with E-state index in [-0.39, 0.29) is 5.69 Å². The minimum absolute atomic E-state index is 0.163. The van der Waals surface area contributed by atoms with Crippen molar-refractivity contribution in [3.05, 3.63) is 11.5 Å². The zero-order valence-electron chi connectivity index (χ0n) is 11.6. The number of nitrogens with two attached hydrogens (primary N) is 1. The van der Waals surface area contributed by atoms with Crippen molar-refractivity contribution < 1.29 is 19.0 Å². The van der Waals surface area contributed by atoms with Gasteiger partial charge in [0.15, 0.2) is 5.69 Å². The van der Waals surface area contributed by atoms with Gasteiger partial charge in [-0.05, 0) is 0 Å². The van der Waals surface area contributed by atoms with Gasteiger partial charge in [0.05, 0.1) is 26.9 Å². The lowest BCUT2D eigenvalue weighted by molar-refractivity contribution is 0.0595. The molecule has 0 unspecified atom stereocenters. The Balaban J connectivity index is 2.70. The number of nitrogens with zero attached hydrogens (tertiary/aromatic N) is 2. The fraction of sp³-hybridized carbons (Fsp3) is 0.667. The molecule has 1 aromatic rings. The van der Waals surface area contributed by atoms with Crippen molar-refractivity contribution in [2.45, 2.75) is 19.9 Å². The molecule has 0 aliphatic carbocycles. The number of hydrogen-bond acceptors (Lipinski definition) is 6. The molecule has 0 amide bonds. The highest BCUT2D eigenvalue weighted by atomic mass is 16.5. The molecular weight excluding hydrogens is 250 g/mol. The Morgan fingerprint density at radius 3 is 2.63 bits per heavy atom. The van der Waals surface area contributed by atoms with Gasteiger partial charge in [-0.3, -0.25) is 0 Å². The Morgan fingerprint density at radius 2 is 2.05 bits per heavy atom. The largest absolute Gasteiger partial charge is 0.464 e. The van der Waals surface area contributed by atoms with Crippen LogP contribution < -0.4 is 5.73 Å². The second-order valence-electron chi connectivity index (χ2n) is 3.86. The van der Waals surface area contributed by atoms with Gasteiger partial charge < -0.3 is 24.5 Å². The molecule has 7 heteroatoms. The molecule has 1 aromatic heterocycles. The molecule has 0 spiro atoms. The van der Waals surface area contributed by atoms with Crippen molar-refractivity contribution in [1.29, 1.82) is 0 Å². The summed E-state index contributed by atoms with van der Waals surface area (Å²) >= 11 is 0. The predicted octanol–water partition coefficient (Wildman–Crippen LogP) is 0.477. The second-order valence-corrected chi connectivity index (χ2v) is 3.86. The van der Waals surface area contributed by atoms with E-state index in [4.69, 9.17) is 15.2 Å². The van der Waals surface area contributed by atoms with Crippen LogP contribution in [0.2, 0.25) is 0 Å². The first kappa shape index (κ1) is 15.5. The first-order chi connectivity index (χ1) is 9.15. The van der Waals surface area contributed by atoms with Crippen molar-refractivity contribution in [1.82, 2.24) is 9.55 Å². The average Bonchev–Trinajstić information content (AvgIpc) is 2.74. The summed E-state index contributed by atoms with van der Waals surface area (Å²) in [5.41, 5.74) is 6.08. The highest BCUT2D eigenvalue weighted by Gasteiger charge is 2.19. The number of imidazole rings is 1. The molecule has 0 radical (unpaired) electrons. The number of rotatable bonds is 8. The first-order valence-electron chi connectivity index (χ1n) is 6.15. The number of hydrogen-bond donors (Lipinski definition) is 1. The number of anilines is 1. The molecular formula is C12H21N3O4. The van der Waals surface area contributed by atoms with Gasteiger partial charge in [-0.1, -0.05) is 6.92 Å². The summed E-state index contributed by atoms with van der Waals surface area (Å²) in [4.78, 5) is 15.7. The molecule has 1 rings (SSSR count). The molecule has 0 aromatic carbocycles. The van der Waals surface area contributed by atoms with Crippen LogP contribution in [0, 0.1) is 0 Å². The maximum Gasteiger partial charge on any atom is 0.360 e. The van der Waals surface area contributed by atoms with Gasteiger partial charge in [-0.2, -0.15) is 0 Å². The lowest BCUT2D eigenvalue weighted by Crippen LogP contribution is -2.14. The van der Waals surface area contributed by atoms with Gasteiger partial charge in [0.2, 0.25) is 0 Å². The van der Waals surface area contributed by atoms with Crippen LogP contribution in [0.15, 0.2) is 0 Å². The smallest absolute Gasteiger partial charge is 0.360 e. The summed E-state index contributed by atoms with van der Waals surface area (Å²) in [6, 6.07) is 0. The van der Waals surface area contributed by atoms with Gasteiger partial charge in [-0.15, -0.1) is 0 Å². The maximum atomic E-state index is 11.5. The molecule has 1 heterocycles. The van der Waals surface area contributed by atoms with Gasteiger partial charge in [0, 0.05) is 20.1 Å². The van der Waals surface area contributed by atoms with Crippen molar-refractivity contribution in [2.24, 2.45) is 0 Å². The summed E-state index contributed by atoms with van der Waals surface area (Å²) in [7, 11) is 2.93. The highest BCUT2D eigenvalue weighted by Crippen LogP contribution is 2.16. The highest BCUT2D eigenvalue weighted by molar-refractivity contribution is 5.92. The lowest BCUT2D eigenvalue weighted by atomic mass is 10.4. The summed E-state index contributed by atoms with van der Waals surface area (Å²) in [6.45, 7) is 4.05. The molecule has 0 atom stereocenters. The van der Waals surface area contributed by atoms with Gasteiger partial charge >= 0.3 is 5.97 Å². The molecule has 0 saturated heterocycles. The number of aromatic nitrogens is 2. The molecule has 0 aliphatic heterocycles. The Hall–Kier alpha value is -1.60. The second kappa shape index (κ2) is 7.75. The van der Waals surface area contributed by atoms with Crippen LogP contribution in [0.5, 0.6) is 0 Å². The molecule has 0 bridgehead atoms. The van der Waals surface area contributed by atoms with Crippen LogP contribution >= 0.6 is 0 Å². The first-order valence-corrected chi connectivity index (χ1v) is 6.15. The van der Waals surface area contributed by atoms with E-state index in [9.17, 15) is 4.79 Å². The zero-order valence-corrected chi connectivity index (χ0v) is 11.6. The van der Waals surface area contributed by atoms with Crippen LogP contribution in [0.4, 0.5) is 5.82 Å². The molecule has 2 N–H and O–H groups in total. The van der Waals surface area contributed by atoms with E-state index in [1.807, 2.05) is 6.92 Å². The van der Waals surface area contributed by atoms with Crippen LogP contribution in [0.3, 0.4) is 0 Å². The van der Waals surface area contributed by atoms with Crippen LogP contribution in [-0.2, 0) is 27.2 Å². The quantitative estimate of drug-likeness (QED) is 0.546. The molecule has 108 valence electrons. The van der Waals surface area contributed by atoms with E-state index in [1.54, 1.807) is 11.7 Å². The van der Waals surface area contributed by atoms with Crippen LogP contribution in [0.25, 0.3) is 0 Å². The number of esters is 1. The van der Waals surface area contributed by atoms with E-state index in [0.717, 1.165) is 5.82 Å². The van der Waals surface area contributed by atoms with Crippen molar-refractivity contribution in [3.63, 3.8) is 0 Å². The third-order valence-electron chi connectivity index (χ3n) is 2.67. The Labute approximate surface area is 112 Å². The van der Waals surface area contributed by atoms with Gasteiger partial charge in [-0.25, -0.2) is 9.78 Å². The molecule has 0 fully saturated rings. The Kier molecular flexibility index (Phi) is 6.31. The van der Waals surface area contributed by atoms with E-state index < -0.39 is 5.97 Å². The number of carbonyl (C=O) groups is 1. The maximum absolute atomic E-state index is 11.5. The monoisotopic (exact) mass is 271 g/mol. The molecule has 19 heavy (non-hydrogen) atoms. The van der Waals surface area contributed by atoms with Crippen molar-refractivity contribution >= 4 is 11.8 Å². The van der Waals surface area contributed by atoms with Crippen molar-refractivity contribution in [3.8, 4) is 0 Å². The standard InChI is InChI=1S/C12H21N3O4/c1-4-9-14-10(12(16)18-3)11(13)15(9)5-6-19-8-7-17-2/h4-8,13H2,1-3H3. The SMILES string of the molecule is CCc1nc(C(=O)OC)c(N)n1CCOCCOC. The molecule has 7 nitrogen and oxygen atoms in total. The minimum Gasteiger partial charge on any atom is -0.464 e. The zero-order chi connectivity index (χ0) is 14.3. The van der Waals surface area contributed by atoms with E-state index >= 15 is 0 Å².